The van der Waals surface area contributed by atoms with Crippen molar-refractivity contribution >= 4 is 38.8 Å². The maximum absolute atomic E-state index is 13.2. The van der Waals surface area contributed by atoms with Crippen LogP contribution >= 0.6 is 11.3 Å². The lowest BCUT2D eigenvalue weighted by molar-refractivity contribution is 0.0987. The first kappa shape index (κ1) is 17.9. The van der Waals surface area contributed by atoms with Crippen molar-refractivity contribution < 1.29 is 13.9 Å². The van der Waals surface area contributed by atoms with Crippen LogP contribution in [0.5, 0.6) is 5.75 Å². The standard InChI is InChI=1S/C21H17N3O3S/c1-14-5-3-6-15(11-14)20(25)24(22-13-17-7-4-10-27-17)21-23-18-9-8-16(26-2)12-19(18)28-21/h3-13H,1-2H3/b22-13+. The Balaban J connectivity index is 1.77. The zero-order valence-corrected chi connectivity index (χ0v) is 16.1. The van der Waals surface area contributed by atoms with Crippen molar-refractivity contribution in [3.63, 3.8) is 0 Å². The summed E-state index contributed by atoms with van der Waals surface area (Å²) in [6.45, 7) is 1.94. The maximum atomic E-state index is 13.2. The number of nitrogens with zero attached hydrogens (tertiary/aromatic N) is 3. The number of rotatable bonds is 5. The number of amides is 1. The van der Waals surface area contributed by atoms with Gasteiger partial charge in [0.25, 0.3) is 5.91 Å². The van der Waals surface area contributed by atoms with Crippen LogP contribution in [0.25, 0.3) is 10.2 Å². The molecule has 4 aromatic rings. The fourth-order valence-electron chi connectivity index (χ4n) is 2.68. The number of hydrogen-bond donors (Lipinski definition) is 0. The molecule has 0 aliphatic heterocycles. The monoisotopic (exact) mass is 391 g/mol. The molecular weight excluding hydrogens is 374 g/mol. The van der Waals surface area contributed by atoms with E-state index in [1.165, 1.54) is 22.6 Å². The number of aromatic nitrogens is 1. The molecule has 4 rings (SSSR count). The van der Waals surface area contributed by atoms with Crippen LogP contribution in [-0.2, 0) is 0 Å². The Hall–Kier alpha value is -3.45. The van der Waals surface area contributed by atoms with Gasteiger partial charge >= 0.3 is 0 Å². The second kappa shape index (κ2) is 7.66. The summed E-state index contributed by atoms with van der Waals surface area (Å²) in [5.74, 6) is 1.01. The summed E-state index contributed by atoms with van der Waals surface area (Å²) in [5.41, 5.74) is 2.30. The van der Waals surface area contributed by atoms with Crippen LogP contribution in [-0.4, -0.2) is 24.2 Å². The normalized spacial score (nSPS) is 11.2. The third-order valence-electron chi connectivity index (χ3n) is 4.07. The van der Waals surface area contributed by atoms with Gasteiger partial charge in [-0.1, -0.05) is 29.0 Å². The molecule has 0 spiro atoms. The number of carbonyl (C=O) groups excluding carboxylic acids is 1. The molecule has 0 radical (unpaired) electrons. The average molecular weight is 391 g/mol. The number of benzene rings is 2. The van der Waals surface area contributed by atoms with Crippen molar-refractivity contribution in [3.8, 4) is 5.75 Å². The van der Waals surface area contributed by atoms with Crippen molar-refractivity contribution in [2.75, 3.05) is 12.1 Å². The highest BCUT2D eigenvalue weighted by atomic mass is 32.1. The van der Waals surface area contributed by atoms with Gasteiger partial charge in [0, 0.05) is 5.56 Å². The number of furan rings is 1. The Morgan fingerprint density at radius 3 is 2.86 bits per heavy atom. The van der Waals surface area contributed by atoms with E-state index in [1.54, 1.807) is 31.6 Å². The Morgan fingerprint density at radius 1 is 1.21 bits per heavy atom. The van der Waals surface area contributed by atoms with Gasteiger partial charge in [-0.2, -0.15) is 10.1 Å². The SMILES string of the molecule is COc1ccc2nc(N(/N=C/c3ccco3)C(=O)c3cccc(C)c3)sc2c1. The molecular formula is C21H17N3O3S. The van der Waals surface area contributed by atoms with Gasteiger partial charge in [-0.15, -0.1) is 0 Å². The van der Waals surface area contributed by atoms with Gasteiger partial charge in [-0.25, -0.2) is 4.98 Å². The lowest BCUT2D eigenvalue weighted by Gasteiger charge is -2.13. The minimum absolute atomic E-state index is 0.266. The molecule has 7 heteroatoms. The third-order valence-corrected chi connectivity index (χ3v) is 5.06. The third kappa shape index (κ3) is 3.65. The molecule has 0 bridgehead atoms. The summed E-state index contributed by atoms with van der Waals surface area (Å²) in [4.78, 5) is 17.8. The van der Waals surface area contributed by atoms with Crippen molar-refractivity contribution in [2.45, 2.75) is 6.92 Å². The van der Waals surface area contributed by atoms with Gasteiger partial charge in [-0.05, 0) is 49.4 Å². The predicted molar refractivity (Wildman–Crippen MR) is 110 cm³/mol. The second-order valence-electron chi connectivity index (χ2n) is 6.08. The number of thiazole rings is 1. The number of anilines is 1. The highest BCUT2D eigenvalue weighted by Gasteiger charge is 2.21. The van der Waals surface area contributed by atoms with Crippen molar-refractivity contribution in [2.24, 2.45) is 5.10 Å². The lowest BCUT2D eigenvalue weighted by Crippen LogP contribution is -2.25. The summed E-state index contributed by atoms with van der Waals surface area (Å²) in [7, 11) is 1.62. The first-order chi connectivity index (χ1) is 13.6. The molecule has 0 atom stereocenters. The molecule has 0 aliphatic rings. The number of fused-ring (bicyclic) bond motifs is 1. The van der Waals surface area contributed by atoms with Crippen LogP contribution in [0, 0.1) is 6.92 Å². The maximum Gasteiger partial charge on any atom is 0.280 e. The summed E-state index contributed by atoms with van der Waals surface area (Å²) in [6.07, 6.45) is 3.05. The molecule has 0 N–H and O–H groups in total. The topological polar surface area (TPSA) is 67.9 Å². The fraction of sp³-hybridized carbons (Fsp3) is 0.0952. The number of hydrazone groups is 1. The Labute approximate surface area is 165 Å². The van der Waals surface area contributed by atoms with E-state index in [-0.39, 0.29) is 5.91 Å². The van der Waals surface area contributed by atoms with Crippen LogP contribution in [0.2, 0.25) is 0 Å². The summed E-state index contributed by atoms with van der Waals surface area (Å²) >= 11 is 1.37. The van der Waals surface area contributed by atoms with E-state index in [4.69, 9.17) is 9.15 Å². The number of methoxy groups -OCH3 is 1. The Morgan fingerprint density at radius 2 is 2.11 bits per heavy atom. The highest BCUT2D eigenvalue weighted by molar-refractivity contribution is 7.22. The Kier molecular flexibility index (Phi) is 4.90. The molecule has 0 saturated carbocycles. The van der Waals surface area contributed by atoms with Crippen LogP contribution in [0.1, 0.15) is 21.7 Å². The molecule has 2 aromatic carbocycles. The van der Waals surface area contributed by atoms with Crippen LogP contribution in [0.15, 0.2) is 70.4 Å². The smallest absolute Gasteiger partial charge is 0.280 e. The quantitative estimate of drug-likeness (QED) is 0.359. The Bertz CT molecular complexity index is 1150. The van der Waals surface area contributed by atoms with Gasteiger partial charge in [0.15, 0.2) is 0 Å². The van der Waals surface area contributed by atoms with E-state index in [0.717, 1.165) is 21.5 Å². The van der Waals surface area contributed by atoms with Gasteiger partial charge < -0.3 is 9.15 Å². The van der Waals surface area contributed by atoms with E-state index < -0.39 is 0 Å². The molecule has 0 unspecified atom stereocenters. The number of ether oxygens (including phenoxy) is 1. The van der Waals surface area contributed by atoms with E-state index in [0.29, 0.717) is 16.5 Å². The minimum Gasteiger partial charge on any atom is -0.497 e. The van der Waals surface area contributed by atoms with Crippen LogP contribution in [0.4, 0.5) is 5.13 Å². The number of hydrogen-bond acceptors (Lipinski definition) is 6. The molecule has 2 aromatic heterocycles. The first-order valence-corrected chi connectivity index (χ1v) is 9.39. The average Bonchev–Trinajstić information content (AvgIpc) is 3.37. The van der Waals surface area contributed by atoms with E-state index in [9.17, 15) is 4.79 Å². The predicted octanol–water partition coefficient (Wildman–Crippen LogP) is 4.89. The van der Waals surface area contributed by atoms with Gasteiger partial charge in [-0.3, -0.25) is 4.79 Å². The zero-order chi connectivity index (χ0) is 19.5. The molecule has 2 heterocycles. The molecule has 0 fully saturated rings. The van der Waals surface area contributed by atoms with Gasteiger partial charge in [0.2, 0.25) is 5.13 Å². The summed E-state index contributed by atoms with van der Waals surface area (Å²) in [5, 5.41) is 6.13. The van der Waals surface area contributed by atoms with Crippen molar-refractivity contribution in [1.82, 2.24) is 4.98 Å². The minimum atomic E-state index is -0.266. The van der Waals surface area contributed by atoms with E-state index in [2.05, 4.69) is 10.1 Å². The number of carbonyl (C=O) groups is 1. The zero-order valence-electron chi connectivity index (χ0n) is 15.3. The highest BCUT2D eigenvalue weighted by Crippen LogP contribution is 2.32. The molecule has 0 saturated heterocycles. The van der Waals surface area contributed by atoms with Gasteiger partial charge in [0.05, 0.1) is 29.8 Å². The van der Waals surface area contributed by atoms with Crippen molar-refractivity contribution in [3.05, 3.63) is 77.7 Å². The first-order valence-electron chi connectivity index (χ1n) is 8.57. The molecule has 28 heavy (non-hydrogen) atoms. The lowest BCUT2D eigenvalue weighted by atomic mass is 10.1. The molecule has 0 aliphatic carbocycles. The van der Waals surface area contributed by atoms with Crippen LogP contribution < -0.4 is 9.75 Å². The second-order valence-corrected chi connectivity index (χ2v) is 7.09. The number of aryl methyl sites for hydroxylation is 1. The molecule has 140 valence electrons. The van der Waals surface area contributed by atoms with Gasteiger partial charge in [0.1, 0.15) is 11.5 Å². The van der Waals surface area contributed by atoms with E-state index in [1.807, 2.05) is 43.3 Å². The molecule has 1 amide bonds. The van der Waals surface area contributed by atoms with Crippen molar-refractivity contribution in [1.29, 1.82) is 0 Å². The summed E-state index contributed by atoms with van der Waals surface area (Å²) in [6, 6.07) is 16.5. The van der Waals surface area contributed by atoms with Crippen LogP contribution in [0.3, 0.4) is 0 Å². The fourth-order valence-corrected chi connectivity index (χ4v) is 3.63. The van der Waals surface area contributed by atoms with E-state index >= 15 is 0 Å². The largest absolute Gasteiger partial charge is 0.497 e. The molecule has 6 nitrogen and oxygen atoms in total. The summed E-state index contributed by atoms with van der Waals surface area (Å²) < 4.78 is 11.5.